The van der Waals surface area contributed by atoms with Crippen molar-refractivity contribution >= 4 is 23.6 Å². The third kappa shape index (κ3) is 2.48. The van der Waals surface area contributed by atoms with Crippen molar-refractivity contribution < 1.29 is 14.3 Å². The average Bonchev–Trinajstić information content (AvgIpc) is 2.37. The van der Waals surface area contributed by atoms with E-state index < -0.39 is 0 Å². The molecule has 3 fully saturated rings. The van der Waals surface area contributed by atoms with Crippen LogP contribution in [0.1, 0.15) is 26.2 Å². The first kappa shape index (κ1) is 13.2. The lowest BCUT2D eigenvalue weighted by atomic mass is 9.78. The molecule has 0 aromatic rings. The van der Waals surface area contributed by atoms with E-state index in [1.165, 1.54) is 18.2 Å². The molecule has 19 heavy (non-hydrogen) atoms. The van der Waals surface area contributed by atoms with Gasteiger partial charge in [-0.05, 0) is 26.2 Å². The Bertz CT molecular complexity index is 397. The molecule has 2 heterocycles. The number of ether oxygens (including phenoxy) is 1. The maximum atomic E-state index is 12.6. The van der Waals surface area contributed by atoms with Gasteiger partial charge in [0.15, 0.2) is 0 Å². The SMILES string of the molecule is CC1COC2(CCC2)CN1C(=O)[C@@H]1CSCC(=O)N1. The highest BCUT2D eigenvalue weighted by molar-refractivity contribution is 8.00. The third-order valence-electron chi connectivity index (χ3n) is 4.32. The van der Waals surface area contributed by atoms with Gasteiger partial charge in [-0.2, -0.15) is 0 Å². The van der Waals surface area contributed by atoms with Crippen molar-refractivity contribution in [2.45, 2.75) is 43.9 Å². The highest BCUT2D eigenvalue weighted by atomic mass is 32.2. The summed E-state index contributed by atoms with van der Waals surface area (Å²) >= 11 is 1.53. The van der Waals surface area contributed by atoms with Gasteiger partial charge in [0.1, 0.15) is 6.04 Å². The van der Waals surface area contributed by atoms with E-state index in [2.05, 4.69) is 5.32 Å². The molecule has 2 saturated heterocycles. The molecule has 3 aliphatic rings. The number of morpholine rings is 1. The molecule has 1 saturated carbocycles. The van der Waals surface area contributed by atoms with E-state index in [1.807, 2.05) is 11.8 Å². The molecule has 0 aromatic heterocycles. The zero-order chi connectivity index (χ0) is 13.5. The summed E-state index contributed by atoms with van der Waals surface area (Å²) in [5.74, 6) is 1.17. The number of nitrogens with zero attached hydrogens (tertiary/aromatic N) is 1. The van der Waals surface area contributed by atoms with Crippen LogP contribution in [0, 0.1) is 0 Å². The van der Waals surface area contributed by atoms with E-state index in [4.69, 9.17) is 4.74 Å². The van der Waals surface area contributed by atoms with Crippen molar-refractivity contribution in [2.24, 2.45) is 0 Å². The Balaban J connectivity index is 1.68. The van der Waals surface area contributed by atoms with Crippen molar-refractivity contribution in [3.8, 4) is 0 Å². The molecule has 0 bridgehead atoms. The summed E-state index contributed by atoms with van der Waals surface area (Å²) in [6.07, 6.45) is 3.29. The largest absolute Gasteiger partial charge is 0.371 e. The van der Waals surface area contributed by atoms with Crippen LogP contribution in [0.25, 0.3) is 0 Å². The van der Waals surface area contributed by atoms with Crippen LogP contribution in [0.3, 0.4) is 0 Å². The fraction of sp³-hybridized carbons (Fsp3) is 0.846. The first-order valence-electron chi connectivity index (χ1n) is 6.91. The molecule has 1 aliphatic carbocycles. The lowest BCUT2D eigenvalue weighted by Gasteiger charge is -2.51. The smallest absolute Gasteiger partial charge is 0.246 e. The van der Waals surface area contributed by atoms with E-state index in [9.17, 15) is 9.59 Å². The highest BCUT2D eigenvalue weighted by Gasteiger charge is 2.46. The van der Waals surface area contributed by atoms with Crippen LogP contribution < -0.4 is 5.32 Å². The fourth-order valence-corrected chi connectivity index (χ4v) is 3.80. The maximum Gasteiger partial charge on any atom is 0.246 e. The average molecular weight is 284 g/mol. The van der Waals surface area contributed by atoms with Crippen LogP contribution in [0.5, 0.6) is 0 Å². The lowest BCUT2D eigenvalue weighted by molar-refractivity contribution is -0.181. The number of nitrogens with one attached hydrogen (secondary N) is 1. The quantitative estimate of drug-likeness (QED) is 0.757. The van der Waals surface area contributed by atoms with Gasteiger partial charge in [0, 0.05) is 5.75 Å². The van der Waals surface area contributed by atoms with Crippen LogP contribution in [0.15, 0.2) is 0 Å². The van der Waals surface area contributed by atoms with Crippen molar-refractivity contribution in [3.63, 3.8) is 0 Å². The van der Waals surface area contributed by atoms with Crippen LogP contribution >= 0.6 is 11.8 Å². The summed E-state index contributed by atoms with van der Waals surface area (Å²) in [5.41, 5.74) is -0.0893. The number of carbonyl (C=O) groups excluding carboxylic acids is 2. The molecule has 106 valence electrons. The van der Waals surface area contributed by atoms with E-state index in [-0.39, 0.29) is 29.5 Å². The van der Waals surface area contributed by atoms with E-state index in [0.29, 0.717) is 24.7 Å². The molecule has 6 heteroatoms. The lowest BCUT2D eigenvalue weighted by Crippen LogP contribution is -2.64. The number of hydrogen-bond acceptors (Lipinski definition) is 4. The Kier molecular flexibility index (Phi) is 3.47. The topological polar surface area (TPSA) is 58.6 Å². The number of rotatable bonds is 1. The second kappa shape index (κ2) is 4.98. The second-order valence-corrected chi connectivity index (χ2v) is 6.83. The van der Waals surface area contributed by atoms with Crippen molar-refractivity contribution in [2.75, 3.05) is 24.7 Å². The molecular weight excluding hydrogens is 264 g/mol. The van der Waals surface area contributed by atoms with E-state index in [1.54, 1.807) is 0 Å². The fourth-order valence-electron chi connectivity index (χ4n) is 2.95. The van der Waals surface area contributed by atoms with Crippen LogP contribution in [0.4, 0.5) is 0 Å². The Morgan fingerprint density at radius 2 is 2.32 bits per heavy atom. The molecule has 1 N–H and O–H groups in total. The molecule has 2 atom stereocenters. The molecule has 2 amide bonds. The van der Waals surface area contributed by atoms with Gasteiger partial charge < -0.3 is 15.0 Å². The second-order valence-electron chi connectivity index (χ2n) is 5.80. The molecule has 1 unspecified atom stereocenters. The van der Waals surface area contributed by atoms with Crippen LogP contribution in [-0.2, 0) is 14.3 Å². The summed E-state index contributed by atoms with van der Waals surface area (Å²) < 4.78 is 5.92. The summed E-state index contributed by atoms with van der Waals surface area (Å²) in [6.45, 7) is 3.31. The van der Waals surface area contributed by atoms with Gasteiger partial charge in [0.05, 0.1) is 30.5 Å². The predicted octanol–water partition coefficient (Wildman–Crippen LogP) is 0.388. The predicted molar refractivity (Wildman–Crippen MR) is 73.0 cm³/mol. The maximum absolute atomic E-state index is 12.6. The van der Waals surface area contributed by atoms with Gasteiger partial charge in [-0.1, -0.05) is 0 Å². The van der Waals surface area contributed by atoms with Crippen molar-refractivity contribution in [3.05, 3.63) is 0 Å². The number of amides is 2. The van der Waals surface area contributed by atoms with E-state index in [0.717, 1.165) is 12.8 Å². The van der Waals surface area contributed by atoms with Gasteiger partial charge in [0.2, 0.25) is 11.8 Å². The van der Waals surface area contributed by atoms with Gasteiger partial charge in [-0.15, -0.1) is 11.8 Å². The van der Waals surface area contributed by atoms with Crippen molar-refractivity contribution in [1.29, 1.82) is 0 Å². The Labute approximate surface area is 117 Å². The molecular formula is C13H20N2O3S. The minimum atomic E-state index is -0.357. The molecule has 2 aliphatic heterocycles. The highest BCUT2D eigenvalue weighted by Crippen LogP contribution is 2.39. The summed E-state index contributed by atoms with van der Waals surface area (Å²) in [6, 6.07) is -0.258. The Hall–Kier alpha value is -0.750. The monoisotopic (exact) mass is 284 g/mol. The van der Waals surface area contributed by atoms with Crippen LogP contribution in [-0.4, -0.2) is 59.1 Å². The zero-order valence-corrected chi connectivity index (χ0v) is 12.0. The third-order valence-corrected chi connectivity index (χ3v) is 5.36. The standard InChI is InChI=1S/C13H20N2O3S/c1-9-5-18-13(3-2-4-13)8-15(9)12(17)10-6-19-7-11(16)14-10/h9-10H,2-8H2,1H3,(H,14,16)/t9?,10-/m0/s1. The summed E-state index contributed by atoms with van der Waals surface area (Å²) in [7, 11) is 0. The number of carbonyl (C=O) groups is 2. The van der Waals surface area contributed by atoms with Gasteiger partial charge >= 0.3 is 0 Å². The first-order chi connectivity index (χ1) is 9.10. The normalized spacial score (nSPS) is 33.7. The minimum absolute atomic E-state index is 0.0335. The first-order valence-corrected chi connectivity index (χ1v) is 8.07. The number of thioether (sulfide) groups is 1. The zero-order valence-electron chi connectivity index (χ0n) is 11.2. The molecule has 0 radical (unpaired) electrons. The van der Waals surface area contributed by atoms with Gasteiger partial charge in [0.25, 0.3) is 0 Å². The van der Waals surface area contributed by atoms with Gasteiger partial charge in [-0.3, -0.25) is 9.59 Å². The molecule has 5 nitrogen and oxygen atoms in total. The van der Waals surface area contributed by atoms with Crippen molar-refractivity contribution in [1.82, 2.24) is 10.2 Å². The minimum Gasteiger partial charge on any atom is -0.371 e. The Morgan fingerprint density at radius 1 is 1.53 bits per heavy atom. The summed E-state index contributed by atoms with van der Waals surface area (Å²) in [4.78, 5) is 25.9. The molecule has 0 aromatic carbocycles. The molecule has 3 rings (SSSR count). The van der Waals surface area contributed by atoms with E-state index >= 15 is 0 Å². The van der Waals surface area contributed by atoms with Crippen LogP contribution in [0.2, 0.25) is 0 Å². The Morgan fingerprint density at radius 3 is 2.95 bits per heavy atom. The summed E-state index contributed by atoms with van der Waals surface area (Å²) in [5, 5.41) is 2.81. The van der Waals surface area contributed by atoms with Gasteiger partial charge in [-0.25, -0.2) is 0 Å². The number of hydrogen-bond donors (Lipinski definition) is 1. The molecule has 1 spiro atoms.